The van der Waals surface area contributed by atoms with E-state index in [0.29, 0.717) is 5.56 Å². The van der Waals surface area contributed by atoms with Crippen molar-refractivity contribution in [1.29, 1.82) is 0 Å². The van der Waals surface area contributed by atoms with Gasteiger partial charge in [0.15, 0.2) is 6.29 Å². The number of hydrogen-bond donors (Lipinski definition) is 4. The van der Waals surface area contributed by atoms with E-state index >= 15 is 0 Å². The minimum absolute atomic E-state index is 0.442. The van der Waals surface area contributed by atoms with Gasteiger partial charge in [0.25, 0.3) is 0 Å². The van der Waals surface area contributed by atoms with Crippen LogP contribution in [0, 0.1) is 0 Å². The van der Waals surface area contributed by atoms with Crippen LogP contribution in [0.3, 0.4) is 0 Å². The summed E-state index contributed by atoms with van der Waals surface area (Å²) >= 11 is 0. The van der Waals surface area contributed by atoms with Gasteiger partial charge in [0.2, 0.25) is 5.91 Å². The molecule has 0 radical (unpaired) electrons. The summed E-state index contributed by atoms with van der Waals surface area (Å²) in [4.78, 5) is 11.3. The van der Waals surface area contributed by atoms with Gasteiger partial charge >= 0.3 is 0 Å². The normalized spacial score (nSPS) is 33.8. The van der Waals surface area contributed by atoms with Gasteiger partial charge < -0.3 is 30.1 Å². The molecule has 1 fully saturated rings. The molecule has 0 spiro atoms. The Morgan fingerprint density at radius 1 is 1.41 bits per heavy atom. The van der Waals surface area contributed by atoms with Crippen molar-refractivity contribution in [1.82, 2.24) is 5.32 Å². The third-order valence-corrected chi connectivity index (χ3v) is 3.40. The Morgan fingerprint density at radius 3 is 2.68 bits per heavy atom. The van der Waals surface area contributed by atoms with E-state index in [1.807, 2.05) is 0 Å². The number of rotatable bonds is 5. The molecule has 7 heteroatoms. The van der Waals surface area contributed by atoms with E-state index in [-0.39, 0.29) is 0 Å². The second-order valence-electron chi connectivity index (χ2n) is 5.09. The Bertz CT molecular complexity index is 516. The zero-order chi connectivity index (χ0) is 17.0. The SMILES string of the molecule is [2H]C(O[C@H]1[C@H](O)[C@@H](CO)OC(O)[C@H]1NC(C)=O)c1ccccc1. The van der Waals surface area contributed by atoms with Crippen LogP contribution in [0.5, 0.6) is 0 Å². The van der Waals surface area contributed by atoms with Crippen LogP contribution in [0.2, 0.25) is 0 Å². The van der Waals surface area contributed by atoms with Gasteiger partial charge in [-0.3, -0.25) is 4.79 Å². The minimum Gasteiger partial charge on any atom is -0.394 e. The fraction of sp³-hybridized carbons (Fsp3) is 0.533. The molecule has 1 heterocycles. The minimum atomic E-state index is -1.47. The van der Waals surface area contributed by atoms with Crippen LogP contribution in [-0.2, 0) is 20.9 Å². The van der Waals surface area contributed by atoms with Crippen molar-refractivity contribution in [2.75, 3.05) is 6.61 Å². The Labute approximate surface area is 129 Å². The van der Waals surface area contributed by atoms with E-state index < -0.39 is 49.7 Å². The molecule has 1 aliphatic heterocycles. The molecular weight excluding hydrogens is 290 g/mol. The third kappa shape index (κ3) is 4.02. The van der Waals surface area contributed by atoms with Crippen molar-refractivity contribution in [3.63, 3.8) is 0 Å². The molecule has 1 aromatic rings. The molecule has 4 N–H and O–H groups in total. The maximum absolute atomic E-state index is 11.3. The van der Waals surface area contributed by atoms with Crippen LogP contribution in [0.25, 0.3) is 0 Å². The molecule has 1 aromatic carbocycles. The first-order chi connectivity index (χ1) is 10.9. The van der Waals surface area contributed by atoms with Gasteiger partial charge in [0.05, 0.1) is 14.6 Å². The topological polar surface area (TPSA) is 108 Å². The predicted octanol–water partition coefficient (Wildman–Crippen LogP) is -0.853. The van der Waals surface area contributed by atoms with Gasteiger partial charge in [0, 0.05) is 6.92 Å². The lowest BCUT2D eigenvalue weighted by atomic mass is 9.96. The van der Waals surface area contributed by atoms with Crippen molar-refractivity contribution < 1.29 is 31.0 Å². The molecule has 0 saturated carbocycles. The number of aliphatic hydroxyl groups is 3. The number of benzene rings is 1. The van der Waals surface area contributed by atoms with Crippen molar-refractivity contribution in [3.8, 4) is 0 Å². The van der Waals surface area contributed by atoms with Crippen LogP contribution in [0.15, 0.2) is 30.3 Å². The van der Waals surface area contributed by atoms with Crippen LogP contribution in [-0.4, -0.2) is 58.5 Å². The van der Waals surface area contributed by atoms with Gasteiger partial charge in [-0.2, -0.15) is 0 Å². The second-order valence-corrected chi connectivity index (χ2v) is 5.09. The highest BCUT2D eigenvalue weighted by atomic mass is 16.6. The van der Waals surface area contributed by atoms with Crippen molar-refractivity contribution in [2.45, 2.75) is 44.2 Å². The number of hydrogen-bond acceptors (Lipinski definition) is 6. The Morgan fingerprint density at radius 2 is 2.09 bits per heavy atom. The second kappa shape index (κ2) is 7.66. The Balaban J connectivity index is 2.19. The number of ether oxygens (including phenoxy) is 2. The first kappa shape index (κ1) is 15.4. The highest BCUT2D eigenvalue weighted by Crippen LogP contribution is 2.23. The standard InChI is InChI=1S/C15H21NO6/c1-9(18)16-12-14(13(19)11(7-17)22-15(12)20)21-8-10-5-3-2-4-6-10/h2-6,11-15,17,19-20H,7-8H2,1H3,(H,16,18)/t11-,12+,13-,14-,15?/m1/s1/i8D/t8?,11-,12+,13-,14-,15?. The number of carbonyl (C=O) groups is 1. The molecule has 6 atom stereocenters. The number of aliphatic hydroxyl groups excluding tert-OH is 3. The van der Waals surface area contributed by atoms with Crippen LogP contribution in [0.1, 0.15) is 13.9 Å². The average molecular weight is 312 g/mol. The van der Waals surface area contributed by atoms with E-state index in [0.717, 1.165) is 0 Å². The van der Waals surface area contributed by atoms with Gasteiger partial charge in [0.1, 0.15) is 24.4 Å². The van der Waals surface area contributed by atoms with Crippen LogP contribution in [0.4, 0.5) is 0 Å². The summed E-state index contributed by atoms with van der Waals surface area (Å²) in [5.41, 5.74) is 0.558. The molecular formula is C15H21NO6. The van der Waals surface area contributed by atoms with E-state index in [1.165, 1.54) is 6.92 Å². The zero-order valence-electron chi connectivity index (χ0n) is 13.1. The summed E-state index contributed by atoms with van der Waals surface area (Å²) in [6.45, 7) is -0.403. The molecule has 22 heavy (non-hydrogen) atoms. The largest absolute Gasteiger partial charge is 0.394 e. The first-order valence-electron chi connectivity index (χ1n) is 7.54. The van der Waals surface area contributed by atoms with E-state index in [1.54, 1.807) is 30.3 Å². The molecule has 1 aliphatic rings. The lowest BCUT2D eigenvalue weighted by Crippen LogP contribution is -2.64. The molecule has 1 amide bonds. The molecule has 1 saturated heterocycles. The molecule has 0 aromatic heterocycles. The quantitative estimate of drug-likeness (QED) is 0.564. The molecule has 0 bridgehead atoms. The summed E-state index contributed by atoms with van der Waals surface area (Å²) in [6.07, 6.45) is -4.95. The summed E-state index contributed by atoms with van der Waals surface area (Å²) in [6, 6.07) is 7.62. The fourth-order valence-corrected chi connectivity index (χ4v) is 2.32. The first-order valence-corrected chi connectivity index (χ1v) is 6.96. The van der Waals surface area contributed by atoms with Gasteiger partial charge in [-0.1, -0.05) is 30.3 Å². The van der Waals surface area contributed by atoms with E-state index in [4.69, 9.17) is 10.8 Å². The molecule has 2 rings (SSSR count). The van der Waals surface area contributed by atoms with E-state index in [2.05, 4.69) is 5.32 Å². The Kier molecular flexibility index (Phi) is 5.36. The van der Waals surface area contributed by atoms with Gasteiger partial charge in [-0.25, -0.2) is 0 Å². The molecule has 7 nitrogen and oxygen atoms in total. The lowest BCUT2D eigenvalue weighted by Gasteiger charge is -2.42. The summed E-state index contributed by atoms with van der Waals surface area (Å²) in [7, 11) is 0. The van der Waals surface area contributed by atoms with Gasteiger partial charge in [-0.15, -0.1) is 0 Å². The molecule has 2 unspecified atom stereocenters. The monoisotopic (exact) mass is 312 g/mol. The van der Waals surface area contributed by atoms with Crippen molar-refractivity contribution in [3.05, 3.63) is 35.9 Å². The summed E-state index contributed by atoms with van der Waals surface area (Å²) in [5, 5.41) is 31.9. The highest BCUT2D eigenvalue weighted by Gasteiger charge is 2.45. The summed E-state index contributed by atoms with van der Waals surface area (Å²) in [5.74, 6) is -0.442. The number of nitrogens with one attached hydrogen (secondary N) is 1. The third-order valence-electron chi connectivity index (χ3n) is 3.40. The molecule has 122 valence electrons. The van der Waals surface area contributed by atoms with Gasteiger partial charge in [-0.05, 0) is 5.56 Å². The summed E-state index contributed by atoms with van der Waals surface area (Å²) < 4.78 is 18.7. The fourth-order valence-electron chi connectivity index (χ4n) is 2.32. The lowest BCUT2D eigenvalue weighted by molar-refractivity contribution is -0.263. The van der Waals surface area contributed by atoms with Crippen LogP contribution >= 0.6 is 0 Å². The average Bonchev–Trinajstić information content (AvgIpc) is 2.54. The van der Waals surface area contributed by atoms with Crippen molar-refractivity contribution >= 4 is 5.91 Å². The number of carbonyl (C=O) groups excluding carboxylic acids is 1. The van der Waals surface area contributed by atoms with E-state index in [9.17, 15) is 20.1 Å². The maximum atomic E-state index is 11.3. The zero-order valence-corrected chi connectivity index (χ0v) is 12.1. The van der Waals surface area contributed by atoms with Crippen LogP contribution < -0.4 is 5.32 Å². The smallest absolute Gasteiger partial charge is 0.217 e. The number of amides is 1. The maximum Gasteiger partial charge on any atom is 0.217 e. The van der Waals surface area contributed by atoms with Crippen molar-refractivity contribution in [2.24, 2.45) is 0 Å². The predicted molar refractivity (Wildman–Crippen MR) is 76.6 cm³/mol. The highest BCUT2D eigenvalue weighted by molar-refractivity contribution is 5.73. The Hall–Kier alpha value is -1.51. The molecule has 0 aliphatic carbocycles.